The van der Waals surface area contributed by atoms with Gasteiger partial charge in [-0.3, -0.25) is 4.68 Å². The smallest absolute Gasteiger partial charge is 0.0699 e. The summed E-state index contributed by atoms with van der Waals surface area (Å²) in [4.78, 5) is 0. The van der Waals surface area contributed by atoms with Crippen molar-refractivity contribution < 1.29 is 4.74 Å². The van der Waals surface area contributed by atoms with Gasteiger partial charge < -0.3 is 10.1 Å². The molecule has 0 aliphatic carbocycles. The predicted octanol–water partition coefficient (Wildman–Crippen LogP) is 3.23. The van der Waals surface area contributed by atoms with Crippen LogP contribution in [0.25, 0.3) is 0 Å². The van der Waals surface area contributed by atoms with Crippen LogP contribution >= 0.6 is 15.9 Å². The first-order valence-electron chi connectivity index (χ1n) is 6.96. The minimum Gasteiger partial charge on any atom is -0.383 e. The van der Waals surface area contributed by atoms with E-state index in [4.69, 9.17) is 4.74 Å². The van der Waals surface area contributed by atoms with E-state index in [1.165, 1.54) is 5.69 Å². The van der Waals surface area contributed by atoms with E-state index in [0.29, 0.717) is 24.5 Å². The van der Waals surface area contributed by atoms with Crippen LogP contribution in [0.2, 0.25) is 0 Å². The molecule has 1 N–H and O–H groups in total. The Bertz CT molecular complexity index is 379. The van der Waals surface area contributed by atoms with Crippen molar-refractivity contribution in [2.45, 2.75) is 40.3 Å². The first-order chi connectivity index (χ1) is 9.02. The second-order valence-corrected chi connectivity index (χ2v) is 6.09. The van der Waals surface area contributed by atoms with E-state index < -0.39 is 0 Å². The highest BCUT2D eigenvalue weighted by Gasteiger charge is 2.26. The highest BCUT2D eigenvalue weighted by molar-refractivity contribution is 9.10. The maximum Gasteiger partial charge on any atom is 0.0699 e. The van der Waals surface area contributed by atoms with Crippen LogP contribution < -0.4 is 5.32 Å². The summed E-state index contributed by atoms with van der Waals surface area (Å²) in [5, 5.41) is 8.04. The Morgan fingerprint density at radius 3 is 2.63 bits per heavy atom. The van der Waals surface area contributed by atoms with Crippen molar-refractivity contribution in [1.82, 2.24) is 15.1 Å². The standard InChI is InChI=1S/C14H26BrN3O/c1-6-16-13(11(4)10(2)3)14-12(15)9-17-18(14)7-8-19-5/h9-11,13,16H,6-8H2,1-5H3. The van der Waals surface area contributed by atoms with Gasteiger partial charge in [0.2, 0.25) is 0 Å². The zero-order chi connectivity index (χ0) is 14.4. The Hall–Kier alpha value is -0.390. The Morgan fingerprint density at radius 2 is 2.11 bits per heavy atom. The molecule has 5 heteroatoms. The lowest BCUT2D eigenvalue weighted by Gasteiger charge is -2.29. The summed E-state index contributed by atoms with van der Waals surface area (Å²) >= 11 is 3.63. The van der Waals surface area contributed by atoms with Gasteiger partial charge in [0.1, 0.15) is 0 Å². The monoisotopic (exact) mass is 331 g/mol. The lowest BCUT2D eigenvalue weighted by Crippen LogP contribution is -2.32. The SMILES string of the molecule is CCNC(c1c(Br)cnn1CCOC)C(C)C(C)C. The van der Waals surface area contributed by atoms with E-state index in [1.54, 1.807) is 7.11 Å². The van der Waals surface area contributed by atoms with Crippen LogP contribution in [-0.4, -0.2) is 30.0 Å². The molecule has 0 aliphatic heterocycles. The number of hydrogen-bond acceptors (Lipinski definition) is 3. The van der Waals surface area contributed by atoms with Gasteiger partial charge in [-0.1, -0.05) is 27.7 Å². The van der Waals surface area contributed by atoms with Crippen molar-refractivity contribution in [2.24, 2.45) is 11.8 Å². The van der Waals surface area contributed by atoms with E-state index in [2.05, 4.69) is 54.0 Å². The number of nitrogens with zero attached hydrogens (tertiary/aromatic N) is 2. The molecule has 0 aromatic carbocycles. The van der Waals surface area contributed by atoms with Gasteiger partial charge in [0.15, 0.2) is 0 Å². The molecule has 2 atom stereocenters. The van der Waals surface area contributed by atoms with Crippen LogP contribution in [-0.2, 0) is 11.3 Å². The Kier molecular flexibility index (Phi) is 7.04. The minimum atomic E-state index is 0.304. The van der Waals surface area contributed by atoms with E-state index in [9.17, 15) is 0 Å². The van der Waals surface area contributed by atoms with Gasteiger partial charge in [-0.25, -0.2) is 0 Å². The molecule has 0 amide bonds. The molecule has 0 radical (unpaired) electrons. The summed E-state index contributed by atoms with van der Waals surface area (Å²) in [6.45, 7) is 11.4. The van der Waals surface area contributed by atoms with Gasteiger partial charge in [0, 0.05) is 7.11 Å². The first kappa shape index (κ1) is 16.7. The van der Waals surface area contributed by atoms with Gasteiger partial charge in [-0.2, -0.15) is 5.10 Å². The van der Waals surface area contributed by atoms with Crippen molar-refractivity contribution in [3.63, 3.8) is 0 Å². The Morgan fingerprint density at radius 1 is 1.42 bits per heavy atom. The summed E-state index contributed by atoms with van der Waals surface area (Å²) in [7, 11) is 1.72. The van der Waals surface area contributed by atoms with Crippen molar-refractivity contribution in [3.8, 4) is 0 Å². The molecule has 19 heavy (non-hydrogen) atoms. The van der Waals surface area contributed by atoms with E-state index in [-0.39, 0.29) is 0 Å². The fourth-order valence-corrected chi connectivity index (χ4v) is 2.72. The maximum absolute atomic E-state index is 5.16. The van der Waals surface area contributed by atoms with Crippen LogP contribution in [0.5, 0.6) is 0 Å². The predicted molar refractivity (Wildman–Crippen MR) is 82.2 cm³/mol. The third kappa shape index (κ3) is 4.29. The zero-order valence-corrected chi connectivity index (χ0v) is 14.2. The summed E-state index contributed by atoms with van der Waals surface area (Å²) in [6, 6.07) is 0.304. The molecule has 1 aromatic heterocycles. The van der Waals surface area contributed by atoms with E-state index in [1.807, 2.05) is 10.9 Å². The van der Waals surface area contributed by atoms with E-state index >= 15 is 0 Å². The highest BCUT2D eigenvalue weighted by Crippen LogP contribution is 2.32. The zero-order valence-electron chi connectivity index (χ0n) is 12.6. The lowest BCUT2D eigenvalue weighted by molar-refractivity contribution is 0.179. The van der Waals surface area contributed by atoms with Gasteiger partial charge in [0.25, 0.3) is 0 Å². The molecule has 2 unspecified atom stereocenters. The molecule has 0 spiro atoms. The van der Waals surface area contributed by atoms with Crippen LogP contribution in [0.3, 0.4) is 0 Å². The van der Waals surface area contributed by atoms with Crippen LogP contribution in [0.4, 0.5) is 0 Å². The maximum atomic E-state index is 5.16. The third-order valence-electron chi connectivity index (χ3n) is 3.64. The molecule has 0 aliphatic rings. The van der Waals surface area contributed by atoms with Crippen LogP contribution in [0, 0.1) is 11.8 Å². The second-order valence-electron chi connectivity index (χ2n) is 5.23. The number of nitrogens with one attached hydrogen (secondary N) is 1. The summed E-state index contributed by atoms with van der Waals surface area (Å²) in [5.41, 5.74) is 1.22. The van der Waals surface area contributed by atoms with Crippen molar-refractivity contribution in [3.05, 3.63) is 16.4 Å². The molecule has 0 bridgehead atoms. The van der Waals surface area contributed by atoms with E-state index in [0.717, 1.165) is 17.6 Å². The molecular formula is C14H26BrN3O. The van der Waals surface area contributed by atoms with Crippen molar-refractivity contribution >= 4 is 15.9 Å². The van der Waals surface area contributed by atoms with Gasteiger partial charge in [0.05, 0.1) is 35.6 Å². The number of halogens is 1. The van der Waals surface area contributed by atoms with Gasteiger partial charge in [-0.15, -0.1) is 0 Å². The number of hydrogen-bond donors (Lipinski definition) is 1. The molecule has 1 heterocycles. The Balaban J connectivity index is 3.03. The molecular weight excluding hydrogens is 306 g/mol. The van der Waals surface area contributed by atoms with Crippen LogP contribution in [0.1, 0.15) is 39.4 Å². The van der Waals surface area contributed by atoms with Gasteiger partial charge >= 0.3 is 0 Å². The lowest BCUT2D eigenvalue weighted by atomic mass is 9.88. The minimum absolute atomic E-state index is 0.304. The average molecular weight is 332 g/mol. The summed E-state index contributed by atoms with van der Waals surface area (Å²) < 4.78 is 8.27. The van der Waals surface area contributed by atoms with Crippen molar-refractivity contribution in [1.29, 1.82) is 0 Å². The highest BCUT2D eigenvalue weighted by atomic mass is 79.9. The van der Waals surface area contributed by atoms with Gasteiger partial charge in [-0.05, 0) is 34.3 Å². The normalized spacial score (nSPS) is 14.9. The first-order valence-corrected chi connectivity index (χ1v) is 7.75. The molecule has 0 saturated heterocycles. The molecule has 0 saturated carbocycles. The number of rotatable bonds is 8. The number of methoxy groups -OCH3 is 1. The fraction of sp³-hybridized carbons (Fsp3) is 0.786. The second kappa shape index (κ2) is 8.02. The largest absolute Gasteiger partial charge is 0.383 e. The summed E-state index contributed by atoms with van der Waals surface area (Å²) in [5.74, 6) is 1.15. The number of ether oxygens (including phenoxy) is 1. The summed E-state index contributed by atoms with van der Waals surface area (Å²) in [6.07, 6.45) is 1.88. The number of aromatic nitrogens is 2. The molecule has 1 rings (SSSR count). The van der Waals surface area contributed by atoms with Crippen LogP contribution in [0.15, 0.2) is 10.7 Å². The molecule has 1 aromatic rings. The van der Waals surface area contributed by atoms with Crippen molar-refractivity contribution in [2.75, 3.05) is 20.3 Å². The third-order valence-corrected chi connectivity index (χ3v) is 4.25. The topological polar surface area (TPSA) is 39.1 Å². The molecule has 110 valence electrons. The molecule has 4 nitrogen and oxygen atoms in total. The average Bonchev–Trinajstić information content (AvgIpc) is 2.74. The quantitative estimate of drug-likeness (QED) is 0.794. The fourth-order valence-electron chi connectivity index (χ4n) is 2.17. The molecule has 0 fully saturated rings. The Labute approximate surface area is 125 Å².